The van der Waals surface area contributed by atoms with Crippen molar-refractivity contribution in [2.45, 2.75) is 40.0 Å². The maximum atomic E-state index is 13.2. The molecule has 0 saturated carbocycles. The first kappa shape index (κ1) is 24.3. The van der Waals surface area contributed by atoms with Crippen LogP contribution in [0.4, 0.5) is 11.5 Å². The summed E-state index contributed by atoms with van der Waals surface area (Å²) in [4.78, 5) is 37.9. The maximum absolute atomic E-state index is 13.2. The second-order valence-corrected chi connectivity index (χ2v) is 9.28. The van der Waals surface area contributed by atoms with Gasteiger partial charge in [-0.3, -0.25) is 14.9 Å². The fraction of sp³-hybridized carbons (Fsp3) is 0.370. The summed E-state index contributed by atoms with van der Waals surface area (Å²) in [5.74, 6) is 1.70. The first-order valence-corrected chi connectivity index (χ1v) is 12.0. The Kier molecular flexibility index (Phi) is 7.10. The lowest BCUT2D eigenvalue weighted by molar-refractivity contribution is -0.385. The Balaban J connectivity index is 1.61. The molecule has 0 atom stereocenters. The number of anilines is 1. The van der Waals surface area contributed by atoms with Gasteiger partial charge in [-0.15, -0.1) is 0 Å². The van der Waals surface area contributed by atoms with Crippen molar-refractivity contribution < 1.29 is 9.72 Å². The Morgan fingerprint density at radius 1 is 1.00 bits per heavy atom. The summed E-state index contributed by atoms with van der Waals surface area (Å²) < 4.78 is 0. The molecule has 182 valence electrons. The van der Waals surface area contributed by atoms with Gasteiger partial charge in [0.05, 0.1) is 4.92 Å². The Labute approximate surface area is 205 Å². The van der Waals surface area contributed by atoms with E-state index >= 15 is 0 Å². The van der Waals surface area contributed by atoms with Crippen LogP contribution in [0.5, 0.6) is 0 Å². The minimum Gasteiger partial charge on any atom is -0.354 e. The minimum atomic E-state index is -0.439. The number of carbonyl (C=O) groups excluding carboxylic acids is 1. The SMILES string of the molecule is Cc1ccc(C(=O)N2CCCN(c3nc(-c4ccccc4)nc(C)c3C(C)C)CC2)cc1[N+](=O)[O-]. The van der Waals surface area contributed by atoms with E-state index in [1.807, 2.05) is 37.3 Å². The normalized spacial score (nSPS) is 14.2. The molecule has 35 heavy (non-hydrogen) atoms. The topological polar surface area (TPSA) is 92.5 Å². The second-order valence-electron chi connectivity index (χ2n) is 9.28. The summed E-state index contributed by atoms with van der Waals surface area (Å²) in [5, 5.41) is 11.3. The fourth-order valence-electron chi connectivity index (χ4n) is 4.65. The first-order valence-electron chi connectivity index (χ1n) is 12.0. The van der Waals surface area contributed by atoms with Gasteiger partial charge in [0.15, 0.2) is 5.82 Å². The van der Waals surface area contributed by atoms with Gasteiger partial charge in [-0.05, 0) is 32.3 Å². The van der Waals surface area contributed by atoms with E-state index in [1.54, 1.807) is 24.0 Å². The zero-order chi connectivity index (χ0) is 25.1. The molecule has 1 aliphatic heterocycles. The molecule has 0 radical (unpaired) electrons. The highest BCUT2D eigenvalue weighted by molar-refractivity contribution is 5.95. The zero-order valence-corrected chi connectivity index (χ0v) is 20.7. The Morgan fingerprint density at radius 3 is 2.43 bits per heavy atom. The summed E-state index contributed by atoms with van der Waals surface area (Å²) in [6.07, 6.45) is 0.779. The monoisotopic (exact) mass is 473 g/mol. The van der Waals surface area contributed by atoms with Crippen LogP contribution in [0, 0.1) is 24.0 Å². The van der Waals surface area contributed by atoms with Crippen molar-refractivity contribution in [1.82, 2.24) is 14.9 Å². The highest BCUT2D eigenvalue weighted by Gasteiger charge is 2.26. The predicted octanol–water partition coefficient (Wildman–Crippen LogP) is 5.14. The largest absolute Gasteiger partial charge is 0.354 e. The van der Waals surface area contributed by atoms with E-state index in [9.17, 15) is 14.9 Å². The third-order valence-corrected chi connectivity index (χ3v) is 6.46. The zero-order valence-electron chi connectivity index (χ0n) is 20.7. The van der Waals surface area contributed by atoms with Crippen LogP contribution in [-0.4, -0.2) is 51.9 Å². The van der Waals surface area contributed by atoms with E-state index < -0.39 is 4.92 Å². The summed E-state index contributed by atoms with van der Waals surface area (Å²) >= 11 is 0. The lowest BCUT2D eigenvalue weighted by Crippen LogP contribution is -2.36. The van der Waals surface area contributed by atoms with Gasteiger partial charge in [-0.1, -0.05) is 50.2 Å². The van der Waals surface area contributed by atoms with Crippen LogP contribution in [0.3, 0.4) is 0 Å². The molecule has 1 amide bonds. The van der Waals surface area contributed by atoms with Crippen LogP contribution in [0.1, 0.15) is 53.4 Å². The van der Waals surface area contributed by atoms with E-state index in [2.05, 4.69) is 18.7 Å². The van der Waals surface area contributed by atoms with Gasteiger partial charge in [-0.2, -0.15) is 0 Å². The lowest BCUT2D eigenvalue weighted by Gasteiger charge is -2.27. The van der Waals surface area contributed by atoms with Crippen molar-refractivity contribution >= 4 is 17.4 Å². The third kappa shape index (κ3) is 5.16. The van der Waals surface area contributed by atoms with Crippen LogP contribution < -0.4 is 4.90 Å². The van der Waals surface area contributed by atoms with Gasteiger partial charge in [-0.25, -0.2) is 9.97 Å². The van der Waals surface area contributed by atoms with Crippen molar-refractivity contribution in [1.29, 1.82) is 0 Å². The van der Waals surface area contributed by atoms with Crippen molar-refractivity contribution in [2.24, 2.45) is 0 Å². The number of nitrogens with zero attached hydrogens (tertiary/aromatic N) is 5. The van der Waals surface area contributed by atoms with Gasteiger partial charge < -0.3 is 9.80 Å². The van der Waals surface area contributed by atoms with Gasteiger partial charge in [0, 0.05) is 60.2 Å². The van der Waals surface area contributed by atoms with Crippen LogP contribution in [-0.2, 0) is 0 Å². The van der Waals surface area contributed by atoms with Gasteiger partial charge in [0.25, 0.3) is 11.6 Å². The average molecular weight is 474 g/mol. The molecule has 0 spiro atoms. The van der Waals surface area contributed by atoms with Gasteiger partial charge in [0.2, 0.25) is 0 Å². The van der Waals surface area contributed by atoms with E-state index in [0.29, 0.717) is 36.6 Å². The molecule has 1 aromatic heterocycles. The summed E-state index contributed by atoms with van der Waals surface area (Å²) in [7, 11) is 0. The van der Waals surface area contributed by atoms with Crippen molar-refractivity contribution in [3.8, 4) is 11.4 Å². The van der Waals surface area contributed by atoms with Crippen LogP contribution >= 0.6 is 0 Å². The van der Waals surface area contributed by atoms with Crippen molar-refractivity contribution in [3.05, 3.63) is 81.0 Å². The number of carbonyl (C=O) groups is 1. The second kappa shape index (κ2) is 10.2. The predicted molar refractivity (Wildman–Crippen MR) is 137 cm³/mol. The molecule has 8 heteroatoms. The fourth-order valence-corrected chi connectivity index (χ4v) is 4.65. The van der Waals surface area contributed by atoms with Crippen molar-refractivity contribution in [3.63, 3.8) is 0 Å². The number of nitro benzene ring substituents is 1. The van der Waals surface area contributed by atoms with Crippen LogP contribution in [0.15, 0.2) is 48.5 Å². The summed E-state index contributed by atoms with van der Waals surface area (Å²) in [6, 6.07) is 14.7. The van der Waals surface area contributed by atoms with E-state index in [-0.39, 0.29) is 17.5 Å². The lowest BCUT2D eigenvalue weighted by atomic mass is 10.0. The maximum Gasteiger partial charge on any atom is 0.273 e. The average Bonchev–Trinajstić information content (AvgIpc) is 3.10. The Hall–Kier alpha value is -3.81. The van der Waals surface area contributed by atoms with Gasteiger partial charge >= 0.3 is 0 Å². The Morgan fingerprint density at radius 2 is 1.74 bits per heavy atom. The van der Waals surface area contributed by atoms with E-state index in [4.69, 9.17) is 9.97 Å². The molecule has 2 aromatic carbocycles. The number of amides is 1. The number of benzene rings is 2. The molecule has 4 rings (SSSR count). The van der Waals surface area contributed by atoms with Crippen LogP contribution in [0.25, 0.3) is 11.4 Å². The summed E-state index contributed by atoms with van der Waals surface area (Å²) in [6.45, 7) is 10.5. The molecule has 0 unspecified atom stereocenters. The molecule has 2 heterocycles. The quantitative estimate of drug-likeness (QED) is 0.376. The number of hydrogen-bond acceptors (Lipinski definition) is 6. The van der Waals surface area contributed by atoms with E-state index in [0.717, 1.165) is 35.6 Å². The van der Waals surface area contributed by atoms with Gasteiger partial charge in [0.1, 0.15) is 5.82 Å². The number of nitro groups is 1. The molecule has 0 aliphatic carbocycles. The van der Waals surface area contributed by atoms with Crippen molar-refractivity contribution in [2.75, 3.05) is 31.1 Å². The molecule has 0 N–H and O–H groups in total. The van der Waals surface area contributed by atoms with E-state index in [1.165, 1.54) is 6.07 Å². The molecule has 1 saturated heterocycles. The number of aromatic nitrogens is 2. The molecule has 0 bridgehead atoms. The highest BCUT2D eigenvalue weighted by Crippen LogP contribution is 2.31. The smallest absolute Gasteiger partial charge is 0.273 e. The number of hydrogen-bond donors (Lipinski definition) is 0. The molecule has 1 aliphatic rings. The number of rotatable bonds is 5. The first-order chi connectivity index (χ1) is 16.8. The minimum absolute atomic E-state index is 0.0289. The molecular weight excluding hydrogens is 442 g/mol. The number of aryl methyl sites for hydroxylation is 2. The highest BCUT2D eigenvalue weighted by atomic mass is 16.6. The molecule has 3 aromatic rings. The summed E-state index contributed by atoms with van der Waals surface area (Å²) in [5.41, 5.74) is 3.93. The Bertz CT molecular complexity index is 1240. The molecular formula is C27H31N5O3. The van der Waals surface area contributed by atoms with Crippen LogP contribution in [0.2, 0.25) is 0 Å². The standard InChI is InChI=1S/C27H31N5O3/c1-18(2)24-20(4)28-25(21-9-6-5-7-10-21)29-26(24)30-13-8-14-31(16-15-30)27(33)22-12-11-19(3)23(17-22)32(34)35/h5-7,9-12,17-18H,8,13-16H2,1-4H3. The molecule has 1 fully saturated rings. The third-order valence-electron chi connectivity index (χ3n) is 6.46. The molecule has 8 nitrogen and oxygen atoms in total.